The van der Waals surface area contributed by atoms with Crippen molar-refractivity contribution < 1.29 is 14.3 Å². The standard InChI is InChI=1S/C22H33N3O3/c1-22(2,3)28-21(27)25-16-18-10-6-5-9-17(18)15-19(25)20(26)23-11-14-24-12-7-4-8-13-24/h5-6,9-10,19H,4,7-8,11-16H2,1-3H3,(H,23,26)/t19-/m1/s1. The van der Waals surface area contributed by atoms with E-state index in [0.29, 0.717) is 19.5 Å². The first-order valence-corrected chi connectivity index (χ1v) is 10.4. The number of carbonyl (C=O) groups excluding carboxylic acids is 2. The van der Waals surface area contributed by atoms with Gasteiger partial charge in [0.25, 0.3) is 0 Å². The summed E-state index contributed by atoms with van der Waals surface area (Å²) in [5, 5.41) is 3.05. The topological polar surface area (TPSA) is 61.9 Å². The number of rotatable bonds is 4. The fraction of sp³-hybridized carbons (Fsp3) is 0.636. The predicted molar refractivity (Wildman–Crippen MR) is 109 cm³/mol. The van der Waals surface area contributed by atoms with E-state index in [2.05, 4.69) is 10.2 Å². The lowest BCUT2D eigenvalue weighted by atomic mass is 9.94. The Morgan fingerprint density at radius 3 is 2.46 bits per heavy atom. The molecule has 0 aliphatic carbocycles. The Morgan fingerprint density at radius 1 is 1.11 bits per heavy atom. The van der Waals surface area contributed by atoms with E-state index in [1.54, 1.807) is 4.90 Å². The van der Waals surface area contributed by atoms with Gasteiger partial charge in [0.05, 0.1) is 6.54 Å². The van der Waals surface area contributed by atoms with Crippen LogP contribution >= 0.6 is 0 Å². The number of nitrogens with zero attached hydrogens (tertiary/aromatic N) is 2. The summed E-state index contributed by atoms with van der Waals surface area (Å²) in [4.78, 5) is 29.7. The molecular weight excluding hydrogens is 354 g/mol. The lowest BCUT2D eigenvalue weighted by molar-refractivity contribution is -0.127. The van der Waals surface area contributed by atoms with E-state index in [4.69, 9.17) is 4.74 Å². The Hall–Kier alpha value is -2.08. The number of amides is 2. The summed E-state index contributed by atoms with van der Waals surface area (Å²) in [7, 11) is 0. The predicted octanol–water partition coefficient (Wildman–Crippen LogP) is 2.95. The molecule has 154 valence electrons. The molecule has 6 heteroatoms. The number of nitrogens with one attached hydrogen (secondary N) is 1. The quantitative estimate of drug-likeness (QED) is 0.863. The summed E-state index contributed by atoms with van der Waals surface area (Å²) in [6, 6.07) is 7.46. The summed E-state index contributed by atoms with van der Waals surface area (Å²) < 4.78 is 5.57. The van der Waals surface area contributed by atoms with Crippen molar-refractivity contribution >= 4 is 12.0 Å². The third kappa shape index (κ3) is 5.47. The molecule has 3 rings (SSSR count). The van der Waals surface area contributed by atoms with Crippen LogP contribution < -0.4 is 5.32 Å². The first kappa shape index (κ1) is 20.6. The van der Waals surface area contributed by atoms with Crippen molar-refractivity contribution in [2.75, 3.05) is 26.2 Å². The van der Waals surface area contributed by atoms with Gasteiger partial charge in [-0.2, -0.15) is 0 Å². The van der Waals surface area contributed by atoms with Crippen LogP contribution in [0.4, 0.5) is 4.79 Å². The molecule has 0 saturated carbocycles. The SMILES string of the molecule is CC(C)(C)OC(=O)N1Cc2ccccc2C[C@@H]1C(=O)NCCN1CCCCC1. The van der Waals surface area contributed by atoms with Crippen LogP contribution in [0.3, 0.4) is 0 Å². The van der Waals surface area contributed by atoms with Crippen LogP contribution in [-0.4, -0.2) is 59.6 Å². The Bertz CT molecular complexity index is 693. The van der Waals surface area contributed by atoms with Gasteiger partial charge in [-0.15, -0.1) is 0 Å². The molecule has 0 radical (unpaired) electrons. The third-order valence-corrected chi connectivity index (χ3v) is 5.36. The van der Waals surface area contributed by atoms with Crippen molar-refractivity contribution in [3.05, 3.63) is 35.4 Å². The fourth-order valence-corrected chi connectivity index (χ4v) is 3.91. The van der Waals surface area contributed by atoms with Gasteiger partial charge in [0.1, 0.15) is 11.6 Å². The number of carbonyl (C=O) groups is 2. The molecule has 6 nitrogen and oxygen atoms in total. The third-order valence-electron chi connectivity index (χ3n) is 5.36. The minimum absolute atomic E-state index is 0.0997. The molecule has 1 fully saturated rings. The lowest BCUT2D eigenvalue weighted by Crippen LogP contribution is -2.54. The first-order chi connectivity index (χ1) is 13.3. The highest BCUT2D eigenvalue weighted by atomic mass is 16.6. The molecule has 1 atom stereocenters. The molecule has 1 N–H and O–H groups in total. The fourth-order valence-electron chi connectivity index (χ4n) is 3.91. The minimum Gasteiger partial charge on any atom is -0.444 e. The van der Waals surface area contributed by atoms with Crippen molar-refractivity contribution in [1.82, 2.24) is 15.1 Å². The highest BCUT2D eigenvalue weighted by Crippen LogP contribution is 2.25. The van der Waals surface area contributed by atoms with Crippen molar-refractivity contribution in [3.8, 4) is 0 Å². The minimum atomic E-state index is -0.594. The van der Waals surface area contributed by atoms with E-state index < -0.39 is 17.7 Å². The van der Waals surface area contributed by atoms with Gasteiger partial charge in [0, 0.05) is 19.5 Å². The van der Waals surface area contributed by atoms with E-state index in [1.807, 2.05) is 45.0 Å². The van der Waals surface area contributed by atoms with Crippen molar-refractivity contribution in [2.45, 2.75) is 64.6 Å². The van der Waals surface area contributed by atoms with Crippen LogP contribution in [0.5, 0.6) is 0 Å². The first-order valence-electron chi connectivity index (χ1n) is 10.4. The summed E-state index contributed by atoms with van der Waals surface area (Å²) in [5.41, 5.74) is 1.60. The molecule has 0 bridgehead atoms. The molecule has 1 aromatic carbocycles. The zero-order chi connectivity index (χ0) is 20.1. The molecular formula is C22H33N3O3. The zero-order valence-corrected chi connectivity index (χ0v) is 17.4. The van der Waals surface area contributed by atoms with Gasteiger partial charge in [-0.05, 0) is 57.8 Å². The van der Waals surface area contributed by atoms with Gasteiger partial charge < -0.3 is 15.0 Å². The largest absolute Gasteiger partial charge is 0.444 e. The van der Waals surface area contributed by atoms with Crippen LogP contribution in [-0.2, 0) is 22.5 Å². The maximum Gasteiger partial charge on any atom is 0.411 e. The molecule has 0 unspecified atom stereocenters. The zero-order valence-electron chi connectivity index (χ0n) is 17.4. The molecule has 1 saturated heterocycles. The highest BCUT2D eigenvalue weighted by molar-refractivity contribution is 5.86. The molecule has 0 spiro atoms. The van der Waals surface area contributed by atoms with E-state index in [-0.39, 0.29) is 5.91 Å². The second-order valence-electron chi connectivity index (χ2n) is 8.79. The second kappa shape index (κ2) is 8.95. The molecule has 2 amide bonds. The Labute approximate surface area is 168 Å². The number of hydrogen-bond acceptors (Lipinski definition) is 4. The van der Waals surface area contributed by atoms with Gasteiger partial charge >= 0.3 is 6.09 Å². The Kier molecular flexibility index (Phi) is 6.60. The number of benzene rings is 1. The van der Waals surface area contributed by atoms with Gasteiger partial charge in [0.2, 0.25) is 5.91 Å². The normalized spacial score (nSPS) is 20.4. The average Bonchev–Trinajstić information content (AvgIpc) is 2.66. The number of ether oxygens (including phenoxy) is 1. The number of likely N-dealkylation sites (tertiary alicyclic amines) is 1. The molecule has 2 aliphatic rings. The number of fused-ring (bicyclic) bond motifs is 1. The van der Waals surface area contributed by atoms with Crippen molar-refractivity contribution in [2.24, 2.45) is 0 Å². The van der Waals surface area contributed by atoms with Crippen LogP contribution in [0.15, 0.2) is 24.3 Å². The van der Waals surface area contributed by atoms with E-state index in [9.17, 15) is 9.59 Å². The highest BCUT2D eigenvalue weighted by Gasteiger charge is 2.36. The Balaban J connectivity index is 1.65. The van der Waals surface area contributed by atoms with Gasteiger partial charge in [-0.1, -0.05) is 30.7 Å². The van der Waals surface area contributed by atoms with Gasteiger partial charge in [-0.3, -0.25) is 9.69 Å². The van der Waals surface area contributed by atoms with Crippen LogP contribution in [0, 0.1) is 0 Å². The van der Waals surface area contributed by atoms with Crippen molar-refractivity contribution in [1.29, 1.82) is 0 Å². The van der Waals surface area contributed by atoms with Gasteiger partial charge in [-0.25, -0.2) is 4.79 Å². The van der Waals surface area contributed by atoms with E-state index >= 15 is 0 Å². The van der Waals surface area contributed by atoms with Crippen LogP contribution in [0.25, 0.3) is 0 Å². The summed E-state index contributed by atoms with van der Waals surface area (Å²) >= 11 is 0. The van der Waals surface area contributed by atoms with E-state index in [0.717, 1.165) is 30.8 Å². The monoisotopic (exact) mass is 387 g/mol. The average molecular weight is 388 g/mol. The van der Waals surface area contributed by atoms with Crippen molar-refractivity contribution in [3.63, 3.8) is 0 Å². The molecule has 28 heavy (non-hydrogen) atoms. The maximum absolute atomic E-state index is 13.0. The smallest absolute Gasteiger partial charge is 0.411 e. The molecule has 0 aromatic heterocycles. The number of piperidine rings is 1. The van der Waals surface area contributed by atoms with Crippen LogP contribution in [0.1, 0.15) is 51.2 Å². The Morgan fingerprint density at radius 2 is 1.79 bits per heavy atom. The van der Waals surface area contributed by atoms with Gasteiger partial charge in [0.15, 0.2) is 0 Å². The summed E-state index contributed by atoms with van der Waals surface area (Å²) in [6.45, 7) is 9.62. The summed E-state index contributed by atoms with van der Waals surface area (Å²) in [5.74, 6) is -0.0997. The molecule has 1 aromatic rings. The van der Waals surface area contributed by atoms with Crippen LogP contribution in [0.2, 0.25) is 0 Å². The maximum atomic E-state index is 13.0. The summed E-state index contributed by atoms with van der Waals surface area (Å²) in [6.07, 6.45) is 3.86. The molecule has 2 aliphatic heterocycles. The number of hydrogen-bond donors (Lipinski definition) is 1. The second-order valence-corrected chi connectivity index (χ2v) is 8.79. The lowest BCUT2D eigenvalue weighted by Gasteiger charge is -2.37. The molecule has 2 heterocycles. The van der Waals surface area contributed by atoms with E-state index in [1.165, 1.54) is 19.3 Å².